The molecule has 1 aromatic carbocycles. The van der Waals surface area contributed by atoms with Crippen molar-refractivity contribution in [2.75, 3.05) is 13.7 Å². The van der Waals surface area contributed by atoms with E-state index >= 15 is 0 Å². The van der Waals surface area contributed by atoms with Gasteiger partial charge in [-0.3, -0.25) is 0 Å². The molecule has 0 aliphatic carbocycles. The largest absolute Gasteiger partial charge is 0.496 e. The first kappa shape index (κ1) is 11.0. The van der Waals surface area contributed by atoms with Crippen LogP contribution in [0.15, 0.2) is 12.1 Å². The standard InChI is InChI=1S/C11H15FO2/c1-7(6-13)9-4-10(12)8(2)11(5-9)14-3/h4-5,7,13H,6H2,1-3H3. The van der Waals surface area contributed by atoms with Crippen molar-refractivity contribution < 1.29 is 14.2 Å². The van der Waals surface area contributed by atoms with Crippen molar-refractivity contribution in [1.29, 1.82) is 0 Å². The third-order valence-corrected chi connectivity index (χ3v) is 2.38. The fourth-order valence-electron chi connectivity index (χ4n) is 1.28. The van der Waals surface area contributed by atoms with Crippen molar-refractivity contribution in [3.8, 4) is 5.75 Å². The highest BCUT2D eigenvalue weighted by Crippen LogP contribution is 2.26. The quantitative estimate of drug-likeness (QED) is 0.807. The van der Waals surface area contributed by atoms with Crippen LogP contribution in [-0.2, 0) is 0 Å². The number of hydrogen-bond donors (Lipinski definition) is 1. The average molecular weight is 198 g/mol. The lowest BCUT2D eigenvalue weighted by Crippen LogP contribution is -2.01. The summed E-state index contributed by atoms with van der Waals surface area (Å²) in [4.78, 5) is 0. The molecule has 0 heterocycles. The van der Waals surface area contributed by atoms with Gasteiger partial charge in [0.15, 0.2) is 0 Å². The lowest BCUT2D eigenvalue weighted by atomic mass is 10.00. The predicted molar refractivity (Wildman–Crippen MR) is 53.2 cm³/mol. The van der Waals surface area contributed by atoms with Crippen LogP contribution in [-0.4, -0.2) is 18.8 Å². The Balaban J connectivity index is 3.16. The number of halogens is 1. The summed E-state index contributed by atoms with van der Waals surface area (Å²) in [5, 5.41) is 8.95. The molecule has 1 N–H and O–H groups in total. The van der Waals surface area contributed by atoms with Crippen LogP contribution >= 0.6 is 0 Å². The van der Waals surface area contributed by atoms with E-state index in [4.69, 9.17) is 9.84 Å². The number of rotatable bonds is 3. The van der Waals surface area contributed by atoms with Gasteiger partial charge in [-0.15, -0.1) is 0 Å². The molecule has 0 aliphatic heterocycles. The molecule has 0 saturated carbocycles. The first-order valence-electron chi connectivity index (χ1n) is 4.55. The van der Waals surface area contributed by atoms with Gasteiger partial charge >= 0.3 is 0 Å². The van der Waals surface area contributed by atoms with Gasteiger partial charge in [-0.25, -0.2) is 4.39 Å². The summed E-state index contributed by atoms with van der Waals surface area (Å²) >= 11 is 0. The van der Waals surface area contributed by atoms with E-state index in [0.29, 0.717) is 11.3 Å². The minimum absolute atomic E-state index is 0.00561. The Hall–Kier alpha value is -1.09. The molecule has 78 valence electrons. The summed E-state index contributed by atoms with van der Waals surface area (Å²) in [6.07, 6.45) is 0. The molecule has 0 spiro atoms. The van der Waals surface area contributed by atoms with Crippen molar-refractivity contribution >= 4 is 0 Å². The van der Waals surface area contributed by atoms with E-state index in [1.807, 2.05) is 6.92 Å². The Morgan fingerprint density at radius 1 is 1.50 bits per heavy atom. The second-order valence-corrected chi connectivity index (χ2v) is 3.41. The van der Waals surface area contributed by atoms with Crippen LogP contribution in [0.3, 0.4) is 0 Å². The Morgan fingerprint density at radius 2 is 2.14 bits per heavy atom. The maximum atomic E-state index is 13.4. The average Bonchev–Trinajstić information content (AvgIpc) is 2.20. The van der Waals surface area contributed by atoms with Gasteiger partial charge in [0, 0.05) is 18.1 Å². The van der Waals surface area contributed by atoms with Gasteiger partial charge in [-0.05, 0) is 24.6 Å². The van der Waals surface area contributed by atoms with Crippen LogP contribution in [0.4, 0.5) is 4.39 Å². The molecule has 0 aromatic heterocycles. The van der Waals surface area contributed by atoms with Crippen LogP contribution in [0.1, 0.15) is 24.0 Å². The van der Waals surface area contributed by atoms with Crippen LogP contribution < -0.4 is 4.74 Å². The van der Waals surface area contributed by atoms with Crippen molar-refractivity contribution in [2.24, 2.45) is 0 Å². The Kier molecular flexibility index (Phi) is 3.47. The highest BCUT2D eigenvalue weighted by molar-refractivity contribution is 5.39. The number of benzene rings is 1. The summed E-state index contributed by atoms with van der Waals surface area (Å²) in [5.41, 5.74) is 1.26. The van der Waals surface area contributed by atoms with Crippen molar-refractivity contribution in [3.63, 3.8) is 0 Å². The third-order valence-electron chi connectivity index (χ3n) is 2.38. The fraction of sp³-hybridized carbons (Fsp3) is 0.455. The van der Waals surface area contributed by atoms with Crippen LogP contribution in [0.2, 0.25) is 0 Å². The number of aliphatic hydroxyl groups excluding tert-OH is 1. The molecular formula is C11H15FO2. The minimum Gasteiger partial charge on any atom is -0.496 e. The van der Waals surface area contributed by atoms with Gasteiger partial charge in [0.1, 0.15) is 11.6 Å². The summed E-state index contributed by atoms with van der Waals surface area (Å²) in [6.45, 7) is 3.51. The van der Waals surface area contributed by atoms with Crippen molar-refractivity contribution in [2.45, 2.75) is 19.8 Å². The van der Waals surface area contributed by atoms with Gasteiger partial charge in [-0.1, -0.05) is 6.92 Å². The van der Waals surface area contributed by atoms with Crippen LogP contribution in [0, 0.1) is 12.7 Å². The monoisotopic (exact) mass is 198 g/mol. The molecule has 0 fully saturated rings. The zero-order valence-electron chi connectivity index (χ0n) is 8.67. The van der Waals surface area contributed by atoms with Gasteiger partial charge < -0.3 is 9.84 Å². The molecule has 14 heavy (non-hydrogen) atoms. The maximum Gasteiger partial charge on any atom is 0.130 e. The lowest BCUT2D eigenvalue weighted by molar-refractivity contribution is 0.272. The molecule has 0 radical (unpaired) electrons. The number of aliphatic hydroxyl groups is 1. The second-order valence-electron chi connectivity index (χ2n) is 3.41. The molecule has 0 saturated heterocycles. The van der Waals surface area contributed by atoms with Gasteiger partial charge in [0.25, 0.3) is 0 Å². The van der Waals surface area contributed by atoms with Crippen molar-refractivity contribution in [1.82, 2.24) is 0 Å². The zero-order valence-corrected chi connectivity index (χ0v) is 8.67. The third kappa shape index (κ3) is 2.04. The predicted octanol–water partition coefficient (Wildman–Crippen LogP) is 2.24. The molecule has 1 rings (SSSR count). The van der Waals surface area contributed by atoms with E-state index in [-0.39, 0.29) is 18.3 Å². The van der Waals surface area contributed by atoms with E-state index in [0.717, 1.165) is 5.56 Å². The summed E-state index contributed by atoms with van der Waals surface area (Å²) in [5.74, 6) is 0.166. The molecule has 3 heteroatoms. The van der Waals surface area contributed by atoms with E-state index in [2.05, 4.69) is 0 Å². The van der Waals surface area contributed by atoms with Crippen LogP contribution in [0.25, 0.3) is 0 Å². The second kappa shape index (κ2) is 4.42. The van der Waals surface area contributed by atoms with E-state index in [9.17, 15) is 4.39 Å². The smallest absolute Gasteiger partial charge is 0.130 e. The summed E-state index contributed by atoms with van der Waals surface area (Å²) in [7, 11) is 1.51. The summed E-state index contributed by atoms with van der Waals surface area (Å²) < 4.78 is 18.4. The number of hydrogen-bond acceptors (Lipinski definition) is 2. The molecular weight excluding hydrogens is 183 g/mol. The highest BCUT2D eigenvalue weighted by Gasteiger charge is 2.11. The SMILES string of the molecule is COc1cc(C(C)CO)cc(F)c1C. The molecule has 1 unspecified atom stereocenters. The molecule has 2 nitrogen and oxygen atoms in total. The molecule has 0 aliphatic rings. The maximum absolute atomic E-state index is 13.4. The van der Waals surface area contributed by atoms with E-state index in [1.54, 1.807) is 13.0 Å². The van der Waals surface area contributed by atoms with E-state index in [1.165, 1.54) is 13.2 Å². The Bertz CT molecular complexity index is 323. The number of ether oxygens (including phenoxy) is 1. The van der Waals surface area contributed by atoms with Gasteiger partial charge in [0.2, 0.25) is 0 Å². The fourth-order valence-corrected chi connectivity index (χ4v) is 1.28. The Labute approximate surface area is 83.3 Å². The van der Waals surface area contributed by atoms with Gasteiger partial charge in [0.05, 0.1) is 7.11 Å². The molecule has 0 amide bonds. The molecule has 0 bridgehead atoms. The Morgan fingerprint density at radius 3 is 2.64 bits per heavy atom. The first-order valence-corrected chi connectivity index (χ1v) is 4.55. The lowest BCUT2D eigenvalue weighted by Gasteiger charge is -2.12. The van der Waals surface area contributed by atoms with E-state index < -0.39 is 0 Å². The van der Waals surface area contributed by atoms with Gasteiger partial charge in [-0.2, -0.15) is 0 Å². The minimum atomic E-state index is -0.292. The topological polar surface area (TPSA) is 29.5 Å². The molecule has 1 aromatic rings. The summed E-state index contributed by atoms with van der Waals surface area (Å²) in [6, 6.07) is 3.21. The van der Waals surface area contributed by atoms with Crippen LogP contribution in [0.5, 0.6) is 5.75 Å². The number of methoxy groups -OCH3 is 1. The first-order chi connectivity index (χ1) is 6.60. The zero-order chi connectivity index (χ0) is 10.7. The van der Waals surface area contributed by atoms with Crippen molar-refractivity contribution in [3.05, 3.63) is 29.1 Å². The highest BCUT2D eigenvalue weighted by atomic mass is 19.1. The normalized spacial score (nSPS) is 12.6. The molecule has 1 atom stereocenters.